The molecule has 5 N–H and O–H groups in total. The Morgan fingerprint density at radius 2 is 1.93 bits per heavy atom. The topological polar surface area (TPSA) is 89.3 Å². The lowest BCUT2D eigenvalue weighted by Crippen LogP contribution is -2.59. The molecule has 0 heterocycles. The highest BCUT2D eigenvalue weighted by molar-refractivity contribution is 5.79. The largest absolute Gasteiger partial charge is 0.480 e. The van der Waals surface area contributed by atoms with E-state index in [1.165, 1.54) is 6.92 Å². The minimum atomic E-state index is -4.96. The number of rotatable bonds is 4. The second-order valence-electron chi connectivity index (χ2n) is 3.29. The molecule has 0 aromatic rings. The maximum atomic E-state index is 12.3. The molecule has 0 radical (unpaired) electrons. The van der Waals surface area contributed by atoms with Crippen molar-refractivity contribution in [3.8, 4) is 0 Å². The predicted molar refractivity (Wildman–Crippen MR) is 43.5 cm³/mol. The molecule has 0 saturated carbocycles. The molecule has 0 aliphatic carbocycles. The fourth-order valence-corrected chi connectivity index (χ4v) is 0.825. The van der Waals surface area contributed by atoms with Gasteiger partial charge < -0.3 is 16.6 Å². The van der Waals surface area contributed by atoms with Crippen molar-refractivity contribution in [2.45, 2.75) is 37.5 Å². The summed E-state index contributed by atoms with van der Waals surface area (Å²) < 4.78 is 36.8. The second-order valence-corrected chi connectivity index (χ2v) is 3.29. The van der Waals surface area contributed by atoms with Gasteiger partial charge in [-0.2, -0.15) is 13.2 Å². The van der Waals surface area contributed by atoms with Crippen molar-refractivity contribution in [1.82, 2.24) is 0 Å². The highest BCUT2D eigenvalue weighted by atomic mass is 19.4. The first kappa shape index (κ1) is 13.2. The average Bonchev–Trinajstić information content (AvgIpc) is 1.97. The minimum absolute atomic E-state index is 0.0949. The van der Waals surface area contributed by atoms with Gasteiger partial charge in [0, 0.05) is 6.04 Å². The van der Waals surface area contributed by atoms with Crippen LogP contribution in [0.15, 0.2) is 0 Å². The lowest BCUT2D eigenvalue weighted by atomic mass is 9.92. The lowest BCUT2D eigenvalue weighted by molar-refractivity contribution is -0.203. The maximum absolute atomic E-state index is 12.3. The number of carboxylic acids is 1. The van der Waals surface area contributed by atoms with Crippen molar-refractivity contribution < 1.29 is 23.1 Å². The number of hydrogen-bond acceptors (Lipinski definition) is 3. The summed E-state index contributed by atoms with van der Waals surface area (Å²) in [5.74, 6) is -2.08. The van der Waals surface area contributed by atoms with Crippen molar-refractivity contribution in [3.63, 3.8) is 0 Å². The Morgan fingerprint density at radius 1 is 1.50 bits per heavy atom. The molecule has 0 aromatic heterocycles. The highest BCUT2D eigenvalue weighted by Crippen LogP contribution is 2.32. The Morgan fingerprint density at radius 3 is 2.14 bits per heavy atom. The van der Waals surface area contributed by atoms with Gasteiger partial charge in [0.25, 0.3) is 0 Å². The van der Waals surface area contributed by atoms with Crippen LogP contribution in [-0.4, -0.2) is 28.8 Å². The first-order chi connectivity index (χ1) is 6.11. The summed E-state index contributed by atoms with van der Waals surface area (Å²) in [5, 5.41) is 8.40. The van der Waals surface area contributed by atoms with Crippen molar-refractivity contribution in [3.05, 3.63) is 0 Å². The van der Waals surface area contributed by atoms with Gasteiger partial charge in [-0.1, -0.05) is 0 Å². The zero-order chi connectivity index (χ0) is 11.6. The van der Waals surface area contributed by atoms with Gasteiger partial charge in [-0.3, -0.25) is 0 Å². The highest BCUT2D eigenvalue weighted by Gasteiger charge is 2.57. The fraction of sp³-hybridized carbons (Fsp3) is 0.857. The molecule has 0 amide bonds. The lowest BCUT2D eigenvalue weighted by Gasteiger charge is -2.27. The first-order valence-electron chi connectivity index (χ1n) is 3.96. The quantitative estimate of drug-likeness (QED) is 0.634. The van der Waals surface area contributed by atoms with Gasteiger partial charge in [0.15, 0.2) is 0 Å². The maximum Gasteiger partial charge on any atom is 0.417 e. The van der Waals surface area contributed by atoms with E-state index in [1.54, 1.807) is 0 Å². The molecule has 0 fully saturated rings. The van der Waals surface area contributed by atoms with Crippen LogP contribution in [0.25, 0.3) is 0 Å². The smallest absolute Gasteiger partial charge is 0.417 e. The summed E-state index contributed by atoms with van der Waals surface area (Å²) in [4.78, 5) is 10.4. The zero-order valence-corrected chi connectivity index (χ0v) is 7.64. The van der Waals surface area contributed by atoms with E-state index >= 15 is 0 Å². The van der Waals surface area contributed by atoms with E-state index in [2.05, 4.69) is 0 Å². The van der Waals surface area contributed by atoms with E-state index < -0.39 is 30.1 Å². The number of halogens is 3. The van der Waals surface area contributed by atoms with Gasteiger partial charge >= 0.3 is 12.1 Å². The average molecular weight is 214 g/mol. The number of carbonyl (C=O) groups is 1. The van der Waals surface area contributed by atoms with Crippen molar-refractivity contribution in [1.29, 1.82) is 0 Å². The molecule has 2 unspecified atom stereocenters. The Kier molecular flexibility index (Phi) is 3.90. The van der Waals surface area contributed by atoms with Crippen LogP contribution in [0, 0.1) is 0 Å². The van der Waals surface area contributed by atoms with Crippen LogP contribution >= 0.6 is 0 Å². The van der Waals surface area contributed by atoms with Crippen LogP contribution in [0.2, 0.25) is 0 Å². The van der Waals surface area contributed by atoms with E-state index in [0.29, 0.717) is 0 Å². The molecule has 14 heavy (non-hydrogen) atoms. The van der Waals surface area contributed by atoms with Crippen molar-refractivity contribution >= 4 is 5.97 Å². The second kappa shape index (κ2) is 4.14. The molecular formula is C7H13F3N2O2. The summed E-state index contributed by atoms with van der Waals surface area (Å²) in [6, 6.07) is -0.514. The predicted octanol–water partition coefficient (Wildman–Crippen LogP) is 0.458. The third kappa shape index (κ3) is 2.85. The van der Waals surface area contributed by atoms with Gasteiger partial charge in [0.2, 0.25) is 5.54 Å². The van der Waals surface area contributed by atoms with E-state index in [-0.39, 0.29) is 6.42 Å². The van der Waals surface area contributed by atoms with Crippen molar-refractivity contribution in [2.24, 2.45) is 11.5 Å². The molecule has 7 heteroatoms. The van der Waals surface area contributed by atoms with Gasteiger partial charge in [-0.15, -0.1) is 0 Å². The first-order valence-corrected chi connectivity index (χ1v) is 3.96. The van der Waals surface area contributed by atoms with Crippen LogP contribution in [0.1, 0.15) is 19.8 Å². The van der Waals surface area contributed by atoms with Gasteiger partial charge in [0.05, 0.1) is 0 Å². The standard InChI is InChI=1S/C7H13F3N2O2/c1-4(11)2-3-6(12,5(13)14)7(8,9)10/h4H,2-3,11-12H2,1H3,(H,13,14). The van der Waals surface area contributed by atoms with Gasteiger partial charge in [0.1, 0.15) is 0 Å². The molecule has 0 bridgehead atoms. The summed E-state index contributed by atoms with van der Waals surface area (Å²) in [7, 11) is 0. The molecule has 2 atom stereocenters. The monoisotopic (exact) mass is 214 g/mol. The summed E-state index contributed by atoms with van der Waals surface area (Å²) >= 11 is 0. The third-order valence-electron chi connectivity index (χ3n) is 1.88. The van der Waals surface area contributed by atoms with Crippen LogP contribution in [0.5, 0.6) is 0 Å². The number of alkyl halides is 3. The Labute approximate surface area is 79.1 Å². The molecule has 0 spiro atoms. The number of carboxylic acid groups (broad SMARTS) is 1. The summed E-state index contributed by atoms with van der Waals surface area (Å²) in [5.41, 5.74) is 6.82. The molecule has 0 rings (SSSR count). The molecular weight excluding hydrogens is 201 g/mol. The van der Waals surface area contributed by atoms with Crippen molar-refractivity contribution in [2.75, 3.05) is 0 Å². The molecule has 4 nitrogen and oxygen atoms in total. The number of hydrogen-bond donors (Lipinski definition) is 3. The van der Waals surface area contributed by atoms with Crippen LogP contribution in [-0.2, 0) is 4.79 Å². The van der Waals surface area contributed by atoms with E-state index in [4.69, 9.17) is 16.6 Å². The van der Waals surface area contributed by atoms with Crippen LogP contribution in [0.4, 0.5) is 13.2 Å². The van der Waals surface area contributed by atoms with Gasteiger partial charge in [-0.25, -0.2) is 4.79 Å². The molecule has 0 aromatic carbocycles. The van der Waals surface area contributed by atoms with Gasteiger partial charge in [-0.05, 0) is 19.8 Å². The third-order valence-corrected chi connectivity index (χ3v) is 1.88. The number of aliphatic carboxylic acids is 1. The molecule has 84 valence electrons. The normalized spacial score (nSPS) is 18.7. The van der Waals surface area contributed by atoms with E-state index in [0.717, 1.165) is 0 Å². The minimum Gasteiger partial charge on any atom is -0.480 e. The van der Waals surface area contributed by atoms with Crippen LogP contribution < -0.4 is 11.5 Å². The Bertz CT molecular complexity index is 217. The summed E-state index contributed by atoms with van der Waals surface area (Å²) in [6.07, 6.45) is -5.78. The van der Waals surface area contributed by atoms with Crippen LogP contribution in [0.3, 0.4) is 0 Å². The van der Waals surface area contributed by atoms with E-state index in [9.17, 15) is 18.0 Å². The zero-order valence-electron chi connectivity index (χ0n) is 7.64. The fourth-order valence-electron chi connectivity index (χ4n) is 0.825. The Hall–Kier alpha value is -0.820. The molecule has 0 aliphatic rings. The SMILES string of the molecule is CC(N)CCC(N)(C(=O)O)C(F)(F)F. The summed E-state index contributed by atoms with van der Waals surface area (Å²) in [6.45, 7) is 1.48. The number of nitrogens with two attached hydrogens (primary N) is 2. The molecule has 0 aliphatic heterocycles. The molecule has 0 saturated heterocycles. The Balaban J connectivity index is 4.67. The van der Waals surface area contributed by atoms with E-state index in [1.807, 2.05) is 0 Å².